The molecule has 0 fully saturated rings. The average Bonchev–Trinajstić information content (AvgIpc) is 2.78. The van der Waals surface area contributed by atoms with Crippen molar-refractivity contribution in [1.82, 2.24) is 4.98 Å². The van der Waals surface area contributed by atoms with Gasteiger partial charge in [0.2, 0.25) is 5.78 Å². The first-order chi connectivity index (χ1) is 10.6. The molecule has 6 nitrogen and oxygen atoms in total. The lowest BCUT2D eigenvalue weighted by atomic mass is 10.1. The zero-order valence-electron chi connectivity index (χ0n) is 11.5. The van der Waals surface area contributed by atoms with E-state index in [0.717, 1.165) is 4.90 Å². The number of aromatic hydroxyl groups is 1. The maximum Gasteiger partial charge on any atom is 0.217 e. The van der Waals surface area contributed by atoms with Gasteiger partial charge in [-0.1, -0.05) is 6.07 Å². The molecule has 1 aliphatic rings. The minimum absolute atomic E-state index is 0.0899. The Balaban J connectivity index is 1.94. The number of carbonyl (C=O) groups is 1. The average molecular weight is 313 g/mol. The van der Waals surface area contributed by atoms with E-state index < -0.39 is 5.78 Å². The second-order valence-corrected chi connectivity index (χ2v) is 5.36. The van der Waals surface area contributed by atoms with Crippen LogP contribution in [-0.4, -0.2) is 27.2 Å². The number of rotatable bonds is 3. The number of aliphatic hydroxyl groups excluding tert-OH is 1. The quantitative estimate of drug-likeness (QED) is 0.665. The van der Waals surface area contributed by atoms with Gasteiger partial charge >= 0.3 is 0 Å². The van der Waals surface area contributed by atoms with E-state index in [4.69, 9.17) is 0 Å². The Kier molecular flexibility index (Phi) is 3.64. The fourth-order valence-electron chi connectivity index (χ4n) is 2.08. The predicted octanol–water partition coefficient (Wildman–Crippen LogP) is 3.72. The first-order valence-electron chi connectivity index (χ1n) is 6.34. The highest BCUT2D eigenvalue weighted by atomic mass is 32.2. The molecule has 0 aliphatic heterocycles. The van der Waals surface area contributed by atoms with Crippen molar-refractivity contribution in [2.75, 3.05) is 6.26 Å². The number of hydrogen-bond acceptors (Lipinski definition) is 7. The molecule has 1 aromatic carbocycles. The monoisotopic (exact) mass is 313 g/mol. The summed E-state index contributed by atoms with van der Waals surface area (Å²) in [5.41, 5.74) is 0.0940. The molecule has 1 aromatic heterocycles. The van der Waals surface area contributed by atoms with E-state index in [1.54, 1.807) is 24.0 Å². The van der Waals surface area contributed by atoms with E-state index in [-0.39, 0.29) is 28.3 Å². The fourth-order valence-corrected chi connectivity index (χ4v) is 2.44. The van der Waals surface area contributed by atoms with Crippen molar-refractivity contribution in [2.45, 2.75) is 4.90 Å². The molecule has 0 saturated heterocycles. The molecule has 0 saturated carbocycles. The number of Topliss-reactive ketones (excluding diaryl/α,β-unsaturated/α-hetero) is 1. The number of nitrogens with zero attached hydrogens (tertiary/aromatic N) is 3. The van der Waals surface area contributed by atoms with Crippen LogP contribution in [0, 0.1) is 0 Å². The minimum Gasteiger partial charge on any atom is -0.507 e. The molecular weight excluding hydrogens is 302 g/mol. The minimum atomic E-state index is -0.479. The highest BCUT2D eigenvalue weighted by Crippen LogP contribution is 2.37. The summed E-state index contributed by atoms with van der Waals surface area (Å²) in [4.78, 5) is 17.2. The maximum atomic E-state index is 12.2. The van der Waals surface area contributed by atoms with Gasteiger partial charge < -0.3 is 10.2 Å². The molecule has 0 amide bonds. The van der Waals surface area contributed by atoms with Crippen LogP contribution in [0.3, 0.4) is 0 Å². The number of fused-ring (bicyclic) bond motifs is 1. The van der Waals surface area contributed by atoms with Gasteiger partial charge in [-0.3, -0.25) is 4.79 Å². The number of phenolic OH excluding ortho intramolecular Hbond substituents is 1. The maximum absolute atomic E-state index is 12.2. The number of carbonyl (C=O) groups excluding carboxylic acids is 1. The van der Waals surface area contributed by atoms with Crippen LogP contribution in [0.5, 0.6) is 5.75 Å². The molecule has 1 heterocycles. The third-order valence-electron chi connectivity index (χ3n) is 3.17. The van der Waals surface area contributed by atoms with Crippen molar-refractivity contribution in [2.24, 2.45) is 10.2 Å². The van der Waals surface area contributed by atoms with Crippen LogP contribution in [0.2, 0.25) is 0 Å². The Hall–Kier alpha value is -2.67. The molecule has 1 aliphatic carbocycles. The Bertz CT molecular complexity index is 813. The summed E-state index contributed by atoms with van der Waals surface area (Å²) in [5, 5.41) is 27.5. The second-order valence-electron chi connectivity index (χ2n) is 4.48. The molecule has 0 spiro atoms. The van der Waals surface area contributed by atoms with Gasteiger partial charge in [-0.25, -0.2) is 4.98 Å². The number of azo groups is 1. The third-order valence-corrected chi connectivity index (χ3v) is 3.89. The van der Waals surface area contributed by atoms with Crippen molar-refractivity contribution in [3.05, 3.63) is 53.4 Å². The molecule has 3 rings (SSSR count). The van der Waals surface area contributed by atoms with Gasteiger partial charge in [0.15, 0.2) is 17.3 Å². The smallest absolute Gasteiger partial charge is 0.217 e. The summed E-state index contributed by atoms with van der Waals surface area (Å²) in [5.74, 6) is -0.697. The van der Waals surface area contributed by atoms with Crippen molar-refractivity contribution in [1.29, 1.82) is 0 Å². The van der Waals surface area contributed by atoms with Crippen LogP contribution < -0.4 is 0 Å². The van der Waals surface area contributed by atoms with Gasteiger partial charge in [-0.05, 0) is 30.5 Å². The van der Waals surface area contributed by atoms with E-state index in [2.05, 4.69) is 15.2 Å². The Labute approximate surface area is 130 Å². The Morgan fingerprint density at radius 1 is 1.14 bits per heavy atom. The van der Waals surface area contributed by atoms with E-state index in [9.17, 15) is 15.0 Å². The van der Waals surface area contributed by atoms with Crippen LogP contribution in [0.4, 0.5) is 5.82 Å². The number of hydrogen-bond donors (Lipinski definition) is 2. The number of ketones is 1. The van der Waals surface area contributed by atoms with E-state index in [0.29, 0.717) is 5.82 Å². The Morgan fingerprint density at radius 3 is 2.59 bits per heavy atom. The summed E-state index contributed by atoms with van der Waals surface area (Å²) in [6, 6.07) is 7.93. The van der Waals surface area contributed by atoms with Gasteiger partial charge in [-0.2, -0.15) is 0 Å². The van der Waals surface area contributed by atoms with Crippen molar-refractivity contribution < 1.29 is 15.0 Å². The molecule has 0 radical (unpaired) electrons. The summed E-state index contributed by atoms with van der Waals surface area (Å²) < 4.78 is 0. The van der Waals surface area contributed by atoms with Crippen LogP contribution in [0.1, 0.15) is 15.9 Å². The van der Waals surface area contributed by atoms with E-state index in [1.807, 2.05) is 12.3 Å². The number of benzene rings is 1. The molecule has 7 heteroatoms. The van der Waals surface area contributed by atoms with E-state index in [1.165, 1.54) is 18.2 Å². The number of aliphatic hydroxyl groups is 1. The lowest BCUT2D eigenvalue weighted by Crippen LogP contribution is -1.96. The standard InChI is InChI=1S/C15H11N3O3S/c1-22-8-5-6-11(16-7-8)17-18-13-14(20)9-3-2-4-10(19)12(9)15(13)21/h2-7,19,21H,1H3. The highest BCUT2D eigenvalue weighted by molar-refractivity contribution is 7.98. The lowest BCUT2D eigenvalue weighted by Gasteiger charge is -2.00. The van der Waals surface area contributed by atoms with Gasteiger partial charge in [0.1, 0.15) is 5.75 Å². The third kappa shape index (κ3) is 2.35. The van der Waals surface area contributed by atoms with Crippen molar-refractivity contribution >= 4 is 29.1 Å². The van der Waals surface area contributed by atoms with Gasteiger partial charge in [-0.15, -0.1) is 22.0 Å². The SMILES string of the molecule is CSc1ccc(N=NC2=C(O)c3c(O)cccc3C2=O)nc1. The van der Waals surface area contributed by atoms with Crippen LogP contribution in [0.25, 0.3) is 5.76 Å². The van der Waals surface area contributed by atoms with Crippen LogP contribution in [0.15, 0.2) is 57.3 Å². The number of allylic oxidation sites excluding steroid dienone is 1. The number of pyridine rings is 1. The van der Waals surface area contributed by atoms with Crippen LogP contribution in [-0.2, 0) is 0 Å². The molecule has 0 atom stereocenters. The Morgan fingerprint density at radius 2 is 1.95 bits per heavy atom. The fraction of sp³-hybridized carbons (Fsp3) is 0.0667. The number of thioether (sulfide) groups is 1. The second kappa shape index (κ2) is 5.61. The molecule has 0 bridgehead atoms. The normalized spacial score (nSPS) is 14.0. The largest absolute Gasteiger partial charge is 0.507 e. The summed E-state index contributed by atoms with van der Waals surface area (Å²) >= 11 is 1.55. The van der Waals surface area contributed by atoms with Gasteiger partial charge in [0.05, 0.1) is 5.56 Å². The molecular formula is C15H11N3O3S. The summed E-state index contributed by atoms with van der Waals surface area (Å²) in [6.07, 6.45) is 3.58. The number of phenols is 1. The zero-order valence-corrected chi connectivity index (χ0v) is 12.3. The molecule has 110 valence electrons. The summed E-state index contributed by atoms with van der Waals surface area (Å²) in [7, 11) is 0. The zero-order chi connectivity index (χ0) is 15.7. The highest BCUT2D eigenvalue weighted by Gasteiger charge is 2.32. The predicted molar refractivity (Wildman–Crippen MR) is 82.5 cm³/mol. The van der Waals surface area contributed by atoms with Crippen molar-refractivity contribution in [3.8, 4) is 5.75 Å². The summed E-state index contributed by atoms with van der Waals surface area (Å²) in [6.45, 7) is 0. The van der Waals surface area contributed by atoms with Gasteiger partial charge in [0.25, 0.3) is 0 Å². The first-order valence-corrected chi connectivity index (χ1v) is 7.56. The molecule has 2 N–H and O–H groups in total. The van der Waals surface area contributed by atoms with Crippen molar-refractivity contribution in [3.63, 3.8) is 0 Å². The number of aromatic nitrogens is 1. The molecule has 0 unspecified atom stereocenters. The van der Waals surface area contributed by atoms with Gasteiger partial charge in [0, 0.05) is 16.7 Å². The van der Waals surface area contributed by atoms with E-state index >= 15 is 0 Å². The van der Waals surface area contributed by atoms with Crippen LogP contribution >= 0.6 is 11.8 Å². The molecule has 22 heavy (non-hydrogen) atoms. The first kappa shape index (κ1) is 14.3. The lowest BCUT2D eigenvalue weighted by molar-refractivity contribution is 0.103. The topological polar surface area (TPSA) is 95.1 Å². The molecule has 2 aromatic rings.